The summed E-state index contributed by atoms with van der Waals surface area (Å²) < 4.78 is 0. The van der Waals surface area contributed by atoms with Crippen molar-refractivity contribution in [2.45, 2.75) is 27.7 Å². The lowest BCUT2D eigenvalue weighted by Gasteiger charge is -1.84. The van der Waals surface area contributed by atoms with E-state index in [0.29, 0.717) is 0 Å². The van der Waals surface area contributed by atoms with Crippen LogP contribution in [0.4, 0.5) is 5.69 Å². The van der Waals surface area contributed by atoms with Gasteiger partial charge >= 0.3 is 0 Å². The summed E-state index contributed by atoms with van der Waals surface area (Å²) in [5, 5.41) is 0. The Morgan fingerprint density at radius 2 is 1.33 bits per heavy atom. The molecule has 0 amide bonds. The third-order valence-corrected chi connectivity index (χ3v) is 0.939. The molecule has 0 bridgehead atoms. The fourth-order valence-corrected chi connectivity index (χ4v) is 0.533. The summed E-state index contributed by atoms with van der Waals surface area (Å²) in [4.78, 5) is 3.72. The maximum Gasteiger partial charge on any atom is 0.0622 e. The highest BCUT2D eigenvalue weighted by atomic mass is 14.7. The Morgan fingerprint density at radius 3 is 1.58 bits per heavy atom. The molecule has 1 nitrogen and oxygen atoms in total. The van der Waals surface area contributed by atoms with Crippen molar-refractivity contribution < 1.29 is 0 Å². The maximum absolute atomic E-state index is 3.72. The standard InChI is InChI=1S/C7H7N.2C2H6/c1-8-7-5-3-2-4-6-7;2*1-2/h2-6H,1H2;2*1-2H3. The highest BCUT2D eigenvalue weighted by Crippen LogP contribution is 2.06. The number of hydrogen-bond acceptors (Lipinski definition) is 1. The first kappa shape index (κ1) is 13.5. The van der Waals surface area contributed by atoms with E-state index in [-0.39, 0.29) is 0 Å². The van der Waals surface area contributed by atoms with E-state index in [1.807, 2.05) is 58.0 Å². The SMILES string of the molecule is C=Nc1ccccc1.CC.CC. The van der Waals surface area contributed by atoms with Crippen LogP contribution in [0.1, 0.15) is 27.7 Å². The number of benzene rings is 1. The zero-order valence-electron chi connectivity index (χ0n) is 8.54. The lowest BCUT2D eigenvalue weighted by Crippen LogP contribution is -1.57. The molecule has 0 aliphatic rings. The lowest BCUT2D eigenvalue weighted by molar-refractivity contribution is 1.50. The molecule has 1 heteroatoms. The quantitative estimate of drug-likeness (QED) is 0.556. The molecule has 1 aromatic carbocycles. The Bertz CT molecular complexity index is 168. The van der Waals surface area contributed by atoms with Gasteiger partial charge in [-0.3, -0.25) is 4.99 Å². The van der Waals surface area contributed by atoms with Crippen LogP contribution in [0.3, 0.4) is 0 Å². The van der Waals surface area contributed by atoms with Crippen molar-refractivity contribution in [2.24, 2.45) is 4.99 Å². The number of para-hydroxylation sites is 1. The Morgan fingerprint density at radius 1 is 0.917 bits per heavy atom. The van der Waals surface area contributed by atoms with Gasteiger partial charge in [0.2, 0.25) is 0 Å². The van der Waals surface area contributed by atoms with Crippen LogP contribution in [-0.2, 0) is 0 Å². The van der Waals surface area contributed by atoms with Gasteiger partial charge in [-0.2, -0.15) is 0 Å². The van der Waals surface area contributed by atoms with Crippen LogP contribution in [0.2, 0.25) is 0 Å². The summed E-state index contributed by atoms with van der Waals surface area (Å²) in [5.74, 6) is 0. The zero-order chi connectivity index (χ0) is 9.82. The largest absolute Gasteiger partial charge is 0.265 e. The van der Waals surface area contributed by atoms with Gasteiger partial charge in [0, 0.05) is 0 Å². The molecule has 12 heavy (non-hydrogen) atoms. The fraction of sp³-hybridized carbons (Fsp3) is 0.364. The van der Waals surface area contributed by atoms with E-state index in [9.17, 15) is 0 Å². The molecule has 68 valence electrons. The number of nitrogens with zero attached hydrogens (tertiary/aromatic N) is 1. The van der Waals surface area contributed by atoms with E-state index >= 15 is 0 Å². The molecule has 0 saturated carbocycles. The molecule has 0 fully saturated rings. The second-order valence-corrected chi connectivity index (χ2v) is 1.49. The predicted molar refractivity (Wildman–Crippen MR) is 58.3 cm³/mol. The van der Waals surface area contributed by atoms with Crippen molar-refractivity contribution in [3.8, 4) is 0 Å². The molecule has 0 N–H and O–H groups in total. The molecule has 0 spiro atoms. The Hall–Kier alpha value is -1.11. The monoisotopic (exact) mass is 165 g/mol. The average molecular weight is 165 g/mol. The second-order valence-electron chi connectivity index (χ2n) is 1.49. The highest BCUT2D eigenvalue weighted by Gasteiger charge is 1.76. The predicted octanol–water partition coefficient (Wildman–Crippen LogP) is 4.07. The first-order valence-corrected chi connectivity index (χ1v) is 4.45. The molecule has 0 aliphatic heterocycles. The van der Waals surface area contributed by atoms with Gasteiger partial charge in [-0.05, 0) is 18.9 Å². The molecule has 0 heterocycles. The third-order valence-electron chi connectivity index (χ3n) is 0.939. The first-order chi connectivity index (χ1) is 5.93. The molecule has 0 aromatic heterocycles. The van der Waals surface area contributed by atoms with Crippen LogP contribution in [0, 0.1) is 0 Å². The van der Waals surface area contributed by atoms with Crippen molar-refractivity contribution in [3.63, 3.8) is 0 Å². The van der Waals surface area contributed by atoms with E-state index in [2.05, 4.69) is 11.7 Å². The van der Waals surface area contributed by atoms with Crippen molar-refractivity contribution >= 4 is 12.4 Å². The highest BCUT2D eigenvalue weighted by molar-refractivity contribution is 5.44. The van der Waals surface area contributed by atoms with E-state index in [1.165, 1.54) is 0 Å². The van der Waals surface area contributed by atoms with Gasteiger partial charge in [0.1, 0.15) is 0 Å². The summed E-state index contributed by atoms with van der Waals surface area (Å²) in [7, 11) is 0. The molecular weight excluding hydrogens is 146 g/mol. The fourth-order valence-electron chi connectivity index (χ4n) is 0.533. The Labute approximate surface area is 76.2 Å². The first-order valence-electron chi connectivity index (χ1n) is 4.45. The molecular formula is C11H19N. The smallest absolute Gasteiger partial charge is 0.0622 e. The lowest BCUT2D eigenvalue weighted by atomic mass is 10.3. The zero-order valence-corrected chi connectivity index (χ0v) is 8.54. The minimum atomic E-state index is 0.924. The summed E-state index contributed by atoms with van der Waals surface area (Å²) in [6.45, 7) is 11.4. The summed E-state index contributed by atoms with van der Waals surface area (Å²) in [5.41, 5.74) is 0.924. The van der Waals surface area contributed by atoms with Crippen molar-refractivity contribution in [3.05, 3.63) is 30.3 Å². The van der Waals surface area contributed by atoms with Gasteiger partial charge in [0.05, 0.1) is 5.69 Å². The Balaban J connectivity index is 0. The molecule has 0 atom stereocenters. The number of aliphatic imine (C=N–C) groups is 1. The van der Waals surface area contributed by atoms with Gasteiger partial charge in [-0.25, -0.2) is 0 Å². The van der Waals surface area contributed by atoms with Gasteiger partial charge < -0.3 is 0 Å². The minimum Gasteiger partial charge on any atom is -0.265 e. The van der Waals surface area contributed by atoms with Gasteiger partial charge in [-0.1, -0.05) is 45.9 Å². The molecule has 1 rings (SSSR count). The molecule has 0 aliphatic carbocycles. The van der Waals surface area contributed by atoms with Gasteiger partial charge in [-0.15, -0.1) is 0 Å². The van der Waals surface area contributed by atoms with Gasteiger partial charge in [0.25, 0.3) is 0 Å². The van der Waals surface area contributed by atoms with E-state index in [1.54, 1.807) is 0 Å². The van der Waals surface area contributed by atoms with Crippen LogP contribution in [-0.4, -0.2) is 6.72 Å². The summed E-state index contributed by atoms with van der Waals surface area (Å²) in [6, 6.07) is 9.64. The molecule has 0 radical (unpaired) electrons. The van der Waals surface area contributed by atoms with Gasteiger partial charge in [0.15, 0.2) is 0 Å². The van der Waals surface area contributed by atoms with E-state index in [0.717, 1.165) is 5.69 Å². The number of rotatable bonds is 1. The van der Waals surface area contributed by atoms with Crippen LogP contribution in [0.25, 0.3) is 0 Å². The summed E-state index contributed by atoms with van der Waals surface area (Å²) >= 11 is 0. The topological polar surface area (TPSA) is 12.4 Å². The normalized spacial score (nSPS) is 6.67. The molecule has 0 unspecified atom stereocenters. The molecule has 1 aromatic rings. The third kappa shape index (κ3) is 7.00. The summed E-state index contributed by atoms with van der Waals surface area (Å²) in [6.07, 6.45) is 0. The average Bonchev–Trinajstić information content (AvgIpc) is 2.25. The minimum absolute atomic E-state index is 0.924. The van der Waals surface area contributed by atoms with Crippen molar-refractivity contribution in [2.75, 3.05) is 0 Å². The van der Waals surface area contributed by atoms with Crippen LogP contribution >= 0.6 is 0 Å². The van der Waals surface area contributed by atoms with E-state index in [4.69, 9.17) is 0 Å². The van der Waals surface area contributed by atoms with Crippen molar-refractivity contribution in [1.29, 1.82) is 0 Å². The molecule has 0 saturated heterocycles. The number of hydrogen-bond donors (Lipinski definition) is 0. The van der Waals surface area contributed by atoms with E-state index < -0.39 is 0 Å². The van der Waals surface area contributed by atoms with Crippen molar-refractivity contribution in [1.82, 2.24) is 0 Å². The Kier molecular flexibility index (Phi) is 14.1. The van der Waals surface area contributed by atoms with Crippen LogP contribution < -0.4 is 0 Å². The maximum atomic E-state index is 3.72. The van der Waals surface area contributed by atoms with Crippen LogP contribution in [0.15, 0.2) is 35.3 Å². The van der Waals surface area contributed by atoms with Crippen LogP contribution in [0.5, 0.6) is 0 Å². The second kappa shape index (κ2) is 12.6.